The summed E-state index contributed by atoms with van der Waals surface area (Å²) in [7, 11) is 0. The average Bonchev–Trinajstić information content (AvgIpc) is 2.79. The smallest absolute Gasteiger partial charge is 0.287 e. The molecule has 1 amide bonds. The van der Waals surface area contributed by atoms with Gasteiger partial charge in [0.25, 0.3) is 5.91 Å². The van der Waals surface area contributed by atoms with Gasteiger partial charge in [-0.25, -0.2) is 0 Å². The van der Waals surface area contributed by atoms with Gasteiger partial charge in [-0.3, -0.25) is 9.59 Å². The topological polar surface area (TPSA) is 79.5 Å². The van der Waals surface area contributed by atoms with Crippen LogP contribution in [0.5, 0.6) is 0 Å². The standard InChI is InChI=1S/C18H21NO4/c20-11-12-6-2-1-3-8-14(12)19-18(22)17-10-15(21)13-7-4-5-9-16(13)23-17/h4-5,7,9-10,12,14,20H,1-3,6,8,11H2,(H,19,22). The van der Waals surface area contributed by atoms with Crippen LogP contribution in [0.3, 0.4) is 0 Å². The number of hydrogen-bond acceptors (Lipinski definition) is 4. The van der Waals surface area contributed by atoms with Crippen molar-refractivity contribution in [2.24, 2.45) is 5.92 Å². The number of carbonyl (C=O) groups is 1. The maximum absolute atomic E-state index is 12.5. The molecule has 3 rings (SSSR count). The summed E-state index contributed by atoms with van der Waals surface area (Å²) in [5, 5.41) is 12.9. The van der Waals surface area contributed by atoms with Crippen LogP contribution in [0.25, 0.3) is 11.0 Å². The second-order valence-corrected chi connectivity index (χ2v) is 6.13. The lowest BCUT2D eigenvalue weighted by molar-refractivity contribution is 0.0872. The minimum absolute atomic E-state index is 0.0228. The van der Waals surface area contributed by atoms with Crippen molar-refractivity contribution in [3.05, 3.63) is 46.3 Å². The number of para-hydroxylation sites is 1. The lowest BCUT2D eigenvalue weighted by Gasteiger charge is -2.24. The van der Waals surface area contributed by atoms with E-state index >= 15 is 0 Å². The highest BCUT2D eigenvalue weighted by Crippen LogP contribution is 2.23. The van der Waals surface area contributed by atoms with E-state index in [0.29, 0.717) is 11.0 Å². The Bertz CT molecular complexity index is 752. The third kappa shape index (κ3) is 3.45. The molecule has 1 aliphatic rings. The number of nitrogens with one attached hydrogen (secondary N) is 1. The molecule has 5 nitrogen and oxygen atoms in total. The number of hydrogen-bond donors (Lipinski definition) is 2. The number of aliphatic hydroxyl groups is 1. The first-order valence-corrected chi connectivity index (χ1v) is 8.13. The molecule has 1 aromatic heterocycles. The average molecular weight is 315 g/mol. The number of amides is 1. The Morgan fingerprint density at radius 3 is 2.83 bits per heavy atom. The summed E-state index contributed by atoms with van der Waals surface area (Å²) < 4.78 is 5.57. The molecule has 0 radical (unpaired) electrons. The summed E-state index contributed by atoms with van der Waals surface area (Å²) in [6.07, 6.45) is 4.97. The maximum atomic E-state index is 12.5. The van der Waals surface area contributed by atoms with Gasteiger partial charge in [0.2, 0.25) is 0 Å². The van der Waals surface area contributed by atoms with E-state index in [0.717, 1.165) is 32.1 Å². The van der Waals surface area contributed by atoms with Gasteiger partial charge in [-0.05, 0) is 25.0 Å². The molecule has 0 spiro atoms. The summed E-state index contributed by atoms with van der Waals surface area (Å²) in [5.74, 6) is -0.304. The molecule has 1 saturated carbocycles. The molecule has 0 aliphatic heterocycles. The second-order valence-electron chi connectivity index (χ2n) is 6.13. The molecule has 5 heteroatoms. The molecule has 1 aliphatic carbocycles. The SMILES string of the molecule is O=C(NC1CCCCCC1CO)c1cc(=O)c2ccccc2o1. The zero-order valence-corrected chi connectivity index (χ0v) is 13.0. The van der Waals surface area contributed by atoms with E-state index in [-0.39, 0.29) is 29.8 Å². The maximum Gasteiger partial charge on any atom is 0.287 e. The van der Waals surface area contributed by atoms with E-state index in [9.17, 15) is 14.7 Å². The van der Waals surface area contributed by atoms with Gasteiger partial charge in [-0.1, -0.05) is 31.4 Å². The van der Waals surface area contributed by atoms with Crippen molar-refractivity contribution in [2.45, 2.75) is 38.1 Å². The lowest BCUT2D eigenvalue weighted by atomic mass is 9.95. The number of aliphatic hydroxyl groups excluding tert-OH is 1. The third-order valence-corrected chi connectivity index (χ3v) is 4.57. The van der Waals surface area contributed by atoms with Crippen LogP contribution in [0, 0.1) is 5.92 Å². The van der Waals surface area contributed by atoms with Gasteiger partial charge < -0.3 is 14.8 Å². The minimum atomic E-state index is -0.391. The summed E-state index contributed by atoms with van der Waals surface area (Å²) >= 11 is 0. The Hall–Kier alpha value is -2.14. The van der Waals surface area contributed by atoms with Crippen molar-refractivity contribution in [2.75, 3.05) is 6.61 Å². The first kappa shape index (κ1) is 15.7. The van der Waals surface area contributed by atoms with Crippen LogP contribution < -0.4 is 10.7 Å². The third-order valence-electron chi connectivity index (χ3n) is 4.57. The highest BCUT2D eigenvalue weighted by Gasteiger charge is 2.26. The van der Waals surface area contributed by atoms with Crippen LogP contribution >= 0.6 is 0 Å². The molecule has 122 valence electrons. The van der Waals surface area contributed by atoms with Gasteiger partial charge >= 0.3 is 0 Å². The van der Waals surface area contributed by atoms with Gasteiger partial charge in [0, 0.05) is 24.6 Å². The fourth-order valence-corrected chi connectivity index (χ4v) is 3.25. The van der Waals surface area contributed by atoms with Crippen LogP contribution in [0.1, 0.15) is 42.7 Å². The lowest BCUT2D eigenvalue weighted by Crippen LogP contribution is -2.41. The molecular weight excluding hydrogens is 294 g/mol. The van der Waals surface area contributed by atoms with Crippen LogP contribution in [0.2, 0.25) is 0 Å². The van der Waals surface area contributed by atoms with E-state index < -0.39 is 5.91 Å². The molecule has 1 fully saturated rings. The van der Waals surface area contributed by atoms with Gasteiger partial charge in [-0.15, -0.1) is 0 Å². The van der Waals surface area contributed by atoms with E-state index in [1.54, 1.807) is 24.3 Å². The van der Waals surface area contributed by atoms with Crippen LogP contribution in [0.4, 0.5) is 0 Å². The summed E-state index contributed by atoms with van der Waals surface area (Å²) in [4.78, 5) is 24.5. The molecule has 1 aromatic carbocycles. The molecular formula is C18H21NO4. The first-order valence-electron chi connectivity index (χ1n) is 8.13. The second kappa shape index (κ2) is 6.96. The summed E-state index contributed by atoms with van der Waals surface area (Å²) in [6.45, 7) is 0.0621. The Labute approximate surface area is 134 Å². The van der Waals surface area contributed by atoms with Crippen molar-refractivity contribution in [3.63, 3.8) is 0 Å². The van der Waals surface area contributed by atoms with E-state index in [1.807, 2.05) is 0 Å². The van der Waals surface area contributed by atoms with Gasteiger partial charge in [0.15, 0.2) is 11.2 Å². The summed E-state index contributed by atoms with van der Waals surface area (Å²) in [5.41, 5.74) is 0.182. The highest BCUT2D eigenvalue weighted by atomic mass is 16.3. The molecule has 2 atom stereocenters. The zero-order chi connectivity index (χ0) is 16.2. The number of benzene rings is 1. The molecule has 0 saturated heterocycles. The van der Waals surface area contributed by atoms with E-state index in [1.165, 1.54) is 6.07 Å². The highest BCUT2D eigenvalue weighted by molar-refractivity contribution is 5.93. The minimum Gasteiger partial charge on any atom is -0.451 e. The van der Waals surface area contributed by atoms with Gasteiger partial charge in [0.05, 0.1) is 5.39 Å². The molecule has 2 unspecified atom stereocenters. The Morgan fingerprint density at radius 2 is 2.00 bits per heavy atom. The van der Waals surface area contributed by atoms with E-state index in [4.69, 9.17) is 4.42 Å². The van der Waals surface area contributed by atoms with Crippen molar-refractivity contribution in [1.29, 1.82) is 0 Å². The van der Waals surface area contributed by atoms with Crippen LogP contribution in [-0.4, -0.2) is 23.7 Å². The Morgan fingerprint density at radius 1 is 1.22 bits per heavy atom. The monoisotopic (exact) mass is 315 g/mol. The predicted octanol–water partition coefficient (Wildman–Crippen LogP) is 2.46. The Kier molecular flexibility index (Phi) is 4.76. The van der Waals surface area contributed by atoms with Crippen molar-refractivity contribution in [3.8, 4) is 0 Å². The van der Waals surface area contributed by atoms with Gasteiger partial charge in [-0.2, -0.15) is 0 Å². The van der Waals surface area contributed by atoms with Crippen molar-refractivity contribution >= 4 is 16.9 Å². The fraction of sp³-hybridized carbons (Fsp3) is 0.444. The number of rotatable bonds is 3. The zero-order valence-electron chi connectivity index (χ0n) is 13.0. The van der Waals surface area contributed by atoms with Crippen molar-refractivity contribution < 1.29 is 14.3 Å². The fourth-order valence-electron chi connectivity index (χ4n) is 3.25. The quantitative estimate of drug-likeness (QED) is 0.853. The molecule has 0 bridgehead atoms. The predicted molar refractivity (Wildman–Crippen MR) is 87.4 cm³/mol. The van der Waals surface area contributed by atoms with Crippen molar-refractivity contribution in [1.82, 2.24) is 5.32 Å². The normalized spacial score (nSPS) is 21.8. The molecule has 1 heterocycles. The van der Waals surface area contributed by atoms with E-state index in [2.05, 4.69) is 5.32 Å². The largest absolute Gasteiger partial charge is 0.451 e. The summed E-state index contributed by atoms with van der Waals surface area (Å²) in [6, 6.07) is 8.04. The van der Waals surface area contributed by atoms with Crippen LogP contribution in [0.15, 0.2) is 39.5 Å². The number of carbonyl (C=O) groups excluding carboxylic acids is 1. The van der Waals surface area contributed by atoms with Crippen LogP contribution in [-0.2, 0) is 0 Å². The molecule has 23 heavy (non-hydrogen) atoms. The molecule has 2 aromatic rings. The van der Waals surface area contributed by atoms with Gasteiger partial charge in [0.1, 0.15) is 5.58 Å². The Balaban J connectivity index is 1.83. The molecule has 2 N–H and O–H groups in total. The first-order chi connectivity index (χ1) is 11.2. The number of fused-ring (bicyclic) bond motifs is 1.